The number of ketones is 1. The lowest BCUT2D eigenvalue weighted by Gasteiger charge is -2.01. The fourth-order valence-electron chi connectivity index (χ4n) is 1.28. The van der Waals surface area contributed by atoms with Crippen molar-refractivity contribution in [2.75, 3.05) is 0 Å². The molecule has 0 saturated heterocycles. The van der Waals surface area contributed by atoms with Gasteiger partial charge in [0.2, 0.25) is 5.78 Å². The first-order chi connectivity index (χ1) is 7.29. The van der Waals surface area contributed by atoms with Gasteiger partial charge in [-0.3, -0.25) is 9.78 Å². The summed E-state index contributed by atoms with van der Waals surface area (Å²) in [7, 11) is 0. The molecule has 0 bridgehead atoms. The number of hydrogen-bond acceptors (Lipinski definition) is 2. The summed E-state index contributed by atoms with van der Waals surface area (Å²) in [5, 5.41) is 0. The molecule has 2 rings (SSSR count). The van der Waals surface area contributed by atoms with Crippen molar-refractivity contribution >= 4 is 21.7 Å². The van der Waals surface area contributed by atoms with Crippen molar-refractivity contribution in [1.29, 1.82) is 0 Å². The third kappa shape index (κ3) is 2.13. The maximum absolute atomic E-state index is 12.0. The van der Waals surface area contributed by atoms with E-state index >= 15 is 0 Å². The Kier molecular flexibility index (Phi) is 2.92. The van der Waals surface area contributed by atoms with Gasteiger partial charge in [-0.05, 0) is 28.1 Å². The molecule has 74 valence electrons. The van der Waals surface area contributed by atoms with Gasteiger partial charge in [-0.1, -0.05) is 30.3 Å². The van der Waals surface area contributed by atoms with E-state index in [1.807, 2.05) is 24.3 Å². The lowest BCUT2D eigenvalue weighted by molar-refractivity contribution is 0.103. The number of carbonyl (C=O) groups excluding carboxylic acids is 1. The molecule has 15 heavy (non-hydrogen) atoms. The summed E-state index contributed by atoms with van der Waals surface area (Å²) in [6, 6.07) is 12.7. The van der Waals surface area contributed by atoms with E-state index in [0.29, 0.717) is 11.3 Å². The van der Waals surface area contributed by atoms with Gasteiger partial charge in [-0.2, -0.15) is 0 Å². The monoisotopic (exact) mass is 261 g/mol. The fraction of sp³-hybridized carbons (Fsp3) is 0. The van der Waals surface area contributed by atoms with Crippen molar-refractivity contribution in [2.24, 2.45) is 0 Å². The minimum atomic E-state index is -0.0666. The lowest BCUT2D eigenvalue weighted by atomic mass is 10.1. The average Bonchev–Trinajstić information content (AvgIpc) is 2.30. The second-order valence-electron chi connectivity index (χ2n) is 3.03. The molecule has 2 aromatic rings. The van der Waals surface area contributed by atoms with Gasteiger partial charge in [-0.15, -0.1) is 0 Å². The number of aromatic nitrogens is 1. The molecule has 0 amide bonds. The molecule has 0 fully saturated rings. The third-order valence-electron chi connectivity index (χ3n) is 2.01. The van der Waals surface area contributed by atoms with Crippen LogP contribution in [0.2, 0.25) is 0 Å². The largest absolute Gasteiger partial charge is 0.287 e. The number of hydrogen-bond donors (Lipinski definition) is 0. The van der Waals surface area contributed by atoms with E-state index in [0.717, 1.165) is 4.47 Å². The Labute approximate surface area is 96.1 Å². The average molecular weight is 262 g/mol. The van der Waals surface area contributed by atoms with Crippen molar-refractivity contribution in [3.8, 4) is 0 Å². The Morgan fingerprint density at radius 1 is 1.07 bits per heavy atom. The van der Waals surface area contributed by atoms with E-state index in [1.165, 1.54) is 0 Å². The van der Waals surface area contributed by atoms with Crippen LogP contribution in [0.5, 0.6) is 0 Å². The lowest BCUT2D eigenvalue weighted by Crippen LogP contribution is -2.04. The number of carbonyl (C=O) groups is 1. The molecular formula is C12H8BrNO. The highest BCUT2D eigenvalue weighted by Crippen LogP contribution is 2.16. The zero-order valence-electron chi connectivity index (χ0n) is 7.85. The van der Waals surface area contributed by atoms with Crippen molar-refractivity contribution < 1.29 is 4.79 Å². The molecule has 0 unspecified atom stereocenters. The van der Waals surface area contributed by atoms with E-state index in [1.54, 1.807) is 24.4 Å². The number of pyridine rings is 1. The molecule has 0 aliphatic heterocycles. The van der Waals surface area contributed by atoms with Gasteiger partial charge in [0.15, 0.2) is 0 Å². The molecule has 0 N–H and O–H groups in total. The molecule has 0 saturated carbocycles. The number of benzene rings is 1. The van der Waals surface area contributed by atoms with E-state index in [2.05, 4.69) is 20.9 Å². The highest BCUT2D eigenvalue weighted by Gasteiger charge is 2.12. The summed E-state index contributed by atoms with van der Waals surface area (Å²) in [5.41, 5.74) is 1.10. The topological polar surface area (TPSA) is 30.0 Å². The summed E-state index contributed by atoms with van der Waals surface area (Å²) in [4.78, 5) is 16.0. The quantitative estimate of drug-likeness (QED) is 0.778. The number of halogens is 1. The molecule has 1 heterocycles. The van der Waals surface area contributed by atoms with E-state index in [9.17, 15) is 4.79 Å². The molecule has 0 atom stereocenters. The van der Waals surface area contributed by atoms with Crippen LogP contribution < -0.4 is 0 Å². The molecule has 3 heteroatoms. The van der Waals surface area contributed by atoms with Crippen LogP contribution in [0.25, 0.3) is 0 Å². The number of nitrogens with zero attached hydrogens (tertiary/aromatic N) is 1. The van der Waals surface area contributed by atoms with Crippen LogP contribution in [0, 0.1) is 0 Å². The van der Waals surface area contributed by atoms with Crippen LogP contribution in [0.3, 0.4) is 0 Å². The van der Waals surface area contributed by atoms with E-state index in [-0.39, 0.29) is 5.78 Å². The number of rotatable bonds is 2. The van der Waals surface area contributed by atoms with Gasteiger partial charge in [0.1, 0.15) is 5.69 Å². The molecule has 2 nitrogen and oxygen atoms in total. The summed E-state index contributed by atoms with van der Waals surface area (Å²) < 4.78 is 0.721. The second kappa shape index (κ2) is 4.36. The molecule has 0 aliphatic rings. The molecule has 0 aliphatic carbocycles. The Morgan fingerprint density at radius 3 is 2.47 bits per heavy atom. The van der Waals surface area contributed by atoms with Crippen LogP contribution >= 0.6 is 15.9 Å². The molecule has 0 spiro atoms. The molecule has 1 aromatic carbocycles. The summed E-state index contributed by atoms with van der Waals surface area (Å²) >= 11 is 3.31. The Morgan fingerprint density at radius 2 is 1.80 bits per heavy atom. The van der Waals surface area contributed by atoms with Gasteiger partial charge >= 0.3 is 0 Å². The highest BCUT2D eigenvalue weighted by atomic mass is 79.9. The van der Waals surface area contributed by atoms with Crippen LogP contribution in [0.1, 0.15) is 16.1 Å². The van der Waals surface area contributed by atoms with Gasteiger partial charge in [0.25, 0.3) is 0 Å². The van der Waals surface area contributed by atoms with Crippen LogP contribution in [-0.2, 0) is 0 Å². The zero-order chi connectivity index (χ0) is 10.7. The molecular weight excluding hydrogens is 254 g/mol. The molecule has 1 aromatic heterocycles. The van der Waals surface area contributed by atoms with Crippen molar-refractivity contribution in [3.05, 3.63) is 64.4 Å². The molecule has 0 radical (unpaired) electrons. The zero-order valence-corrected chi connectivity index (χ0v) is 9.44. The van der Waals surface area contributed by atoms with Crippen LogP contribution in [0.4, 0.5) is 0 Å². The predicted octanol–water partition coefficient (Wildman–Crippen LogP) is 3.08. The van der Waals surface area contributed by atoms with Crippen molar-refractivity contribution in [3.63, 3.8) is 0 Å². The maximum Gasteiger partial charge on any atom is 0.212 e. The Hall–Kier alpha value is -1.48. The first kappa shape index (κ1) is 10.1. The van der Waals surface area contributed by atoms with Crippen LogP contribution in [-0.4, -0.2) is 10.8 Å². The third-order valence-corrected chi connectivity index (χ3v) is 2.65. The van der Waals surface area contributed by atoms with Gasteiger partial charge < -0.3 is 0 Å². The van der Waals surface area contributed by atoms with Crippen LogP contribution in [0.15, 0.2) is 53.1 Å². The summed E-state index contributed by atoms with van der Waals surface area (Å²) in [5.74, 6) is -0.0666. The summed E-state index contributed by atoms with van der Waals surface area (Å²) in [6.07, 6.45) is 1.61. The highest BCUT2D eigenvalue weighted by molar-refractivity contribution is 9.10. The normalized spacial score (nSPS) is 9.93. The van der Waals surface area contributed by atoms with Gasteiger partial charge in [-0.25, -0.2) is 0 Å². The summed E-state index contributed by atoms with van der Waals surface area (Å²) in [6.45, 7) is 0. The minimum absolute atomic E-state index is 0.0666. The first-order valence-corrected chi connectivity index (χ1v) is 5.28. The van der Waals surface area contributed by atoms with E-state index in [4.69, 9.17) is 0 Å². The fourth-order valence-corrected chi connectivity index (χ4v) is 1.71. The SMILES string of the molecule is O=C(c1ccccc1)c1ncccc1Br. The van der Waals surface area contributed by atoms with Crippen molar-refractivity contribution in [1.82, 2.24) is 4.98 Å². The van der Waals surface area contributed by atoms with Gasteiger partial charge in [0.05, 0.1) is 0 Å². The Balaban J connectivity index is 2.42. The first-order valence-electron chi connectivity index (χ1n) is 4.49. The second-order valence-corrected chi connectivity index (χ2v) is 3.88. The smallest absolute Gasteiger partial charge is 0.212 e. The van der Waals surface area contributed by atoms with E-state index < -0.39 is 0 Å². The predicted molar refractivity (Wildman–Crippen MR) is 61.8 cm³/mol. The standard InChI is InChI=1S/C12H8BrNO/c13-10-7-4-8-14-11(10)12(15)9-5-2-1-3-6-9/h1-8H. The Bertz CT molecular complexity index is 482. The van der Waals surface area contributed by atoms with Crippen molar-refractivity contribution in [2.45, 2.75) is 0 Å². The van der Waals surface area contributed by atoms with Gasteiger partial charge in [0, 0.05) is 16.2 Å². The minimum Gasteiger partial charge on any atom is -0.287 e. The maximum atomic E-state index is 12.0.